The van der Waals surface area contributed by atoms with Gasteiger partial charge in [-0.05, 0) is 47.9 Å². The van der Waals surface area contributed by atoms with Gasteiger partial charge in [-0.2, -0.15) is 0 Å². The number of H-pyrrole nitrogens is 1. The molecule has 1 amide bonds. The second-order valence-corrected chi connectivity index (χ2v) is 6.56. The molecule has 0 spiro atoms. The van der Waals surface area contributed by atoms with E-state index in [1.165, 1.54) is 5.56 Å². The first-order valence-corrected chi connectivity index (χ1v) is 9.26. The van der Waals surface area contributed by atoms with E-state index < -0.39 is 0 Å². The number of para-hydroxylation sites is 1. The highest BCUT2D eigenvalue weighted by molar-refractivity contribution is 5.95. The third kappa shape index (κ3) is 4.01. The number of hydrogen-bond acceptors (Lipinski definition) is 4. The number of hydrogen-bond donors (Lipinski definition) is 3. The van der Waals surface area contributed by atoms with Gasteiger partial charge in [-0.15, -0.1) is 10.2 Å². The minimum atomic E-state index is -0.130. The van der Waals surface area contributed by atoms with Crippen LogP contribution < -0.4 is 10.6 Å². The average Bonchev–Trinajstić information content (AvgIpc) is 3.13. The fourth-order valence-electron chi connectivity index (χ4n) is 3.08. The van der Waals surface area contributed by atoms with Gasteiger partial charge < -0.3 is 15.6 Å². The van der Waals surface area contributed by atoms with E-state index in [9.17, 15) is 4.79 Å². The summed E-state index contributed by atoms with van der Waals surface area (Å²) in [5.41, 5.74) is 4.20. The van der Waals surface area contributed by atoms with Crippen LogP contribution in [0.1, 0.15) is 18.1 Å². The zero-order chi connectivity index (χ0) is 19.3. The van der Waals surface area contributed by atoms with Gasteiger partial charge in [-0.3, -0.25) is 4.79 Å². The molecule has 4 aromatic rings. The number of aryl methyl sites for hydroxylation is 1. The lowest BCUT2D eigenvalue weighted by molar-refractivity contribution is -0.115. The molecule has 2 aromatic carbocycles. The van der Waals surface area contributed by atoms with E-state index in [4.69, 9.17) is 0 Å². The van der Waals surface area contributed by atoms with Crippen molar-refractivity contribution in [2.45, 2.75) is 19.8 Å². The zero-order valence-electron chi connectivity index (χ0n) is 15.6. The molecule has 4 rings (SSSR count). The van der Waals surface area contributed by atoms with E-state index in [0.29, 0.717) is 11.6 Å². The maximum absolute atomic E-state index is 12.4. The number of carbonyl (C=O) groups excluding carboxylic acids is 1. The first-order valence-electron chi connectivity index (χ1n) is 9.26. The highest BCUT2D eigenvalue weighted by Gasteiger charge is 2.10. The van der Waals surface area contributed by atoms with Crippen molar-refractivity contribution < 1.29 is 4.79 Å². The Bertz CT molecular complexity index is 1080. The number of benzene rings is 2. The Morgan fingerprint density at radius 3 is 2.46 bits per heavy atom. The van der Waals surface area contributed by atoms with Crippen molar-refractivity contribution >= 4 is 34.1 Å². The van der Waals surface area contributed by atoms with Gasteiger partial charge in [-0.1, -0.05) is 37.3 Å². The van der Waals surface area contributed by atoms with Crippen LogP contribution in [0.2, 0.25) is 0 Å². The lowest BCUT2D eigenvalue weighted by Gasteiger charge is -2.07. The molecule has 2 heterocycles. The Labute approximate surface area is 163 Å². The molecule has 140 valence electrons. The van der Waals surface area contributed by atoms with E-state index in [1.54, 1.807) is 12.1 Å². The third-order valence-corrected chi connectivity index (χ3v) is 4.59. The van der Waals surface area contributed by atoms with Crippen LogP contribution in [0.15, 0.2) is 66.9 Å². The van der Waals surface area contributed by atoms with E-state index in [1.807, 2.05) is 42.6 Å². The summed E-state index contributed by atoms with van der Waals surface area (Å²) in [5.74, 6) is 0.922. The Balaban J connectivity index is 1.37. The molecule has 0 saturated carbocycles. The highest BCUT2D eigenvalue weighted by atomic mass is 16.1. The van der Waals surface area contributed by atoms with Gasteiger partial charge in [0.15, 0.2) is 11.6 Å². The van der Waals surface area contributed by atoms with Crippen LogP contribution >= 0.6 is 0 Å². The molecule has 28 heavy (non-hydrogen) atoms. The van der Waals surface area contributed by atoms with Crippen LogP contribution in [0.3, 0.4) is 0 Å². The van der Waals surface area contributed by atoms with Crippen LogP contribution in [-0.2, 0) is 17.6 Å². The van der Waals surface area contributed by atoms with E-state index >= 15 is 0 Å². The summed E-state index contributed by atoms with van der Waals surface area (Å²) in [7, 11) is 0. The van der Waals surface area contributed by atoms with Crippen LogP contribution in [0, 0.1) is 0 Å². The zero-order valence-corrected chi connectivity index (χ0v) is 15.6. The minimum absolute atomic E-state index is 0.130. The second kappa shape index (κ2) is 7.92. The van der Waals surface area contributed by atoms with Crippen LogP contribution in [0.5, 0.6) is 0 Å². The Kier molecular flexibility index (Phi) is 5.01. The van der Waals surface area contributed by atoms with Gasteiger partial charge in [0, 0.05) is 22.8 Å². The molecule has 0 saturated heterocycles. The molecule has 0 atom stereocenters. The summed E-state index contributed by atoms with van der Waals surface area (Å²) in [6.07, 6.45) is 3.15. The monoisotopic (exact) mass is 371 g/mol. The molecule has 0 bridgehead atoms. The Hall–Kier alpha value is -3.67. The fourth-order valence-corrected chi connectivity index (χ4v) is 3.08. The number of carbonyl (C=O) groups is 1. The second-order valence-electron chi connectivity index (χ2n) is 6.56. The normalized spacial score (nSPS) is 10.8. The van der Waals surface area contributed by atoms with Crippen molar-refractivity contribution in [1.82, 2.24) is 15.2 Å². The van der Waals surface area contributed by atoms with Gasteiger partial charge in [0.05, 0.1) is 6.42 Å². The highest BCUT2D eigenvalue weighted by Crippen LogP contribution is 2.19. The summed E-state index contributed by atoms with van der Waals surface area (Å²) in [5, 5.41) is 15.3. The fraction of sp³-hybridized carbons (Fsp3) is 0.136. The number of anilines is 3. The van der Waals surface area contributed by atoms with Crippen molar-refractivity contribution in [1.29, 1.82) is 0 Å². The summed E-state index contributed by atoms with van der Waals surface area (Å²) in [4.78, 5) is 15.5. The van der Waals surface area contributed by atoms with Crippen molar-refractivity contribution in [3.63, 3.8) is 0 Å². The molecule has 3 N–H and O–H groups in total. The first kappa shape index (κ1) is 17.7. The maximum Gasteiger partial charge on any atom is 0.230 e. The molecule has 0 aliphatic carbocycles. The minimum Gasteiger partial charge on any atom is -0.361 e. The van der Waals surface area contributed by atoms with E-state index in [0.717, 1.165) is 28.6 Å². The number of aromatic nitrogens is 3. The number of amides is 1. The predicted molar refractivity (Wildman–Crippen MR) is 112 cm³/mol. The van der Waals surface area contributed by atoms with E-state index in [-0.39, 0.29) is 12.3 Å². The Morgan fingerprint density at radius 2 is 1.71 bits per heavy atom. The topological polar surface area (TPSA) is 82.7 Å². The van der Waals surface area contributed by atoms with Crippen LogP contribution in [-0.4, -0.2) is 21.1 Å². The molecule has 6 nitrogen and oxygen atoms in total. The molecule has 0 radical (unpaired) electrons. The molecule has 0 fully saturated rings. The molecule has 0 unspecified atom stereocenters. The van der Waals surface area contributed by atoms with Crippen LogP contribution in [0.25, 0.3) is 10.9 Å². The molecule has 2 aromatic heterocycles. The lowest BCUT2D eigenvalue weighted by Crippen LogP contribution is -2.15. The molecule has 0 aliphatic rings. The molecular weight excluding hydrogens is 350 g/mol. The third-order valence-electron chi connectivity index (χ3n) is 4.59. The van der Waals surface area contributed by atoms with Gasteiger partial charge in [0.25, 0.3) is 0 Å². The number of fused-ring (bicyclic) bond motifs is 1. The average molecular weight is 371 g/mol. The number of rotatable bonds is 6. The Morgan fingerprint density at radius 1 is 0.964 bits per heavy atom. The summed E-state index contributed by atoms with van der Waals surface area (Å²) in [6.45, 7) is 2.12. The van der Waals surface area contributed by atoms with Crippen molar-refractivity contribution in [2.75, 3.05) is 10.6 Å². The smallest absolute Gasteiger partial charge is 0.230 e. The van der Waals surface area contributed by atoms with Gasteiger partial charge in [0.1, 0.15) is 0 Å². The quantitative estimate of drug-likeness (QED) is 0.468. The van der Waals surface area contributed by atoms with Gasteiger partial charge >= 0.3 is 0 Å². The maximum atomic E-state index is 12.4. The SMILES string of the molecule is CCc1ccc(Nc2ccc(NC(=O)Cc3c[nH]c4ccccc34)nn2)cc1. The van der Waals surface area contributed by atoms with Crippen molar-refractivity contribution in [3.8, 4) is 0 Å². The molecule has 0 aliphatic heterocycles. The van der Waals surface area contributed by atoms with Crippen LogP contribution in [0.4, 0.5) is 17.3 Å². The van der Waals surface area contributed by atoms with Gasteiger partial charge in [0.2, 0.25) is 5.91 Å². The number of nitrogens with zero attached hydrogens (tertiary/aromatic N) is 2. The van der Waals surface area contributed by atoms with Crippen molar-refractivity contribution in [3.05, 3.63) is 78.0 Å². The summed E-state index contributed by atoms with van der Waals surface area (Å²) in [6, 6.07) is 19.6. The summed E-state index contributed by atoms with van der Waals surface area (Å²) < 4.78 is 0. The van der Waals surface area contributed by atoms with E-state index in [2.05, 4.69) is 44.9 Å². The number of aromatic amines is 1. The van der Waals surface area contributed by atoms with Crippen molar-refractivity contribution in [2.24, 2.45) is 0 Å². The predicted octanol–water partition coefficient (Wildman–Crippen LogP) is 4.45. The largest absolute Gasteiger partial charge is 0.361 e. The standard InChI is InChI=1S/C22H21N5O/c1-2-15-7-9-17(10-8-15)24-20-11-12-21(27-26-20)25-22(28)13-16-14-23-19-6-4-3-5-18(16)19/h3-12,14,23H,2,13H2,1H3,(H,24,26)(H,25,27,28). The number of nitrogens with one attached hydrogen (secondary N) is 3. The lowest BCUT2D eigenvalue weighted by atomic mass is 10.1. The van der Waals surface area contributed by atoms with Gasteiger partial charge in [-0.25, -0.2) is 0 Å². The summed E-state index contributed by atoms with van der Waals surface area (Å²) >= 11 is 0. The first-order chi connectivity index (χ1) is 13.7. The molecule has 6 heteroatoms. The molecular formula is C22H21N5O.